The number of benzene rings is 1. The maximum Gasteiger partial charge on any atom is 0.123 e. The van der Waals surface area contributed by atoms with E-state index in [9.17, 15) is 4.39 Å². The molecule has 0 bridgehead atoms. The van der Waals surface area contributed by atoms with E-state index in [0.29, 0.717) is 6.54 Å². The number of nitrogens with two attached hydrogens (primary N) is 1. The van der Waals surface area contributed by atoms with E-state index in [1.165, 1.54) is 12.1 Å². The highest BCUT2D eigenvalue weighted by atomic mass is 19.1. The molecule has 2 rings (SSSR count). The predicted molar refractivity (Wildman–Crippen MR) is 62.4 cm³/mol. The Balaban J connectivity index is 2.42. The van der Waals surface area contributed by atoms with Crippen molar-refractivity contribution in [3.63, 3.8) is 0 Å². The van der Waals surface area contributed by atoms with Crippen LogP contribution in [-0.2, 0) is 6.42 Å². The second-order valence-electron chi connectivity index (χ2n) is 3.56. The molecule has 0 spiro atoms. The van der Waals surface area contributed by atoms with Crippen molar-refractivity contribution in [2.75, 3.05) is 6.54 Å². The van der Waals surface area contributed by atoms with E-state index in [1.54, 1.807) is 18.3 Å². The van der Waals surface area contributed by atoms with Crippen molar-refractivity contribution in [3.05, 3.63) is 54.0 Å². The molecule has 0 unspecified atom stereocenters. The summed E-state index contributed by atoms with van der Waals surface area (Å²) in [5, 5.41) is 0. The number of hydrogen-bond acceptors (Lipinski definition) is 2. The Morgan fingerprint density at radius 3 is 2.56 bits per heavy atom. The fraction of sp³-hybridized carbons (Fsp3) is 0.154. The third-order valence-electron chi connectivity index (χ3n) is 2.42. The standard InChI is InChI=1S/C13H13FN2/c14-12-5-3-11(4-6-12)13-10(7-8-15)2-1-9-16-13/h1-6,9H,7-8,15H2. The Labute approximate surface area is 93.9 Å². The van der Waals surface area contributed by atoms with Gasteiger partial charge in [0.1, 0.15) is 5.82 Å². The molecule has 1 heterocycles. The Kier molecular flexibility index (Phi) is 3.27. The van der Waals surface area contributed by atoms with E-state index in [-0.39, 0.29) is 5.82 Å². The van der Waals surface area contributed by atoms with Gasteiger partial charge in [0.25, 0.3) is 0 Å². The Morgan fingerprint density at radius 2 is 1.88 bits per heavy atom. The zero-order valence-electron chi connectivity index (χ0n) is 8.86. The lowest BCUT2D eigenvalue weighted by molar-refractivity contribution is 0.628. The second kappa shape index (κ2) is 4.86. The molecule has 2 nitrogen and oxygen atoms in total. The van der Waals surface area contributed by atoms with Crippen LogP contribution in [-0.4, -0.2) is 11.5 Å². The molecular formula is C13H13FN2. The number of halogens is 1. The zero-order valence-corrected chi connectivity index (χ0v) is 8.86. The van der Waals surface area contributed by atoms with Gasteiger partial charge in [0, 0.05) is 11.8 Å². The van der Waals surface area contributed by atoms with Crippen LogP contribution >= 0.6 is 0 Å². The topological polar surface area (TPSA) is 38.9 Å². The average molecular weight is 216 g/mol. The molecule has 0 saturated carbocycles. The lowest BCUT2D eigenvalue weighted by Crippen LogP contribution is -2.04. The molecule has 0 atom stereocenters. The Hall–Kier alpha value is -1.74. The van der Waals surface area contributed by atoms with Gasteiger partial charge in [0.15, 0.2) is 0 Å². The predicted octanol–water partition coefficient (Wildman–Crippen LogP) is 2.39. The minimum Gasteiger partial charge on any atom is -0.330 e. The third-order valence-corrected chi connectivity index (χ3v) is 2.42. The molecule has 3 heteroatoms. The first-order valence-electron chi connectivity index (χ1n) is 5.21. The van der Waals surface area contributed by atoms with Crippen molar-refractivity contribution in [2.24, 2.45) is 5.73 Å². The van der Waals surface area contributed by atoms with Crippen LogP contribution < -0.4 is 5.73 Å². The van der Waals surface area contributed by atoms with Gasteiger partial charge >= 0.3 is 0 Å². The van der Waals surface area contributed by atoms with E-state index in [2.05, 4.69) is 4.98 Å². The zero-order chi connectivity index (χ0) is 11.4. The van der Waals surface area contributed by atoms with Gasteiger partial charge in [-0.2, -0.15) is 0 Å². The molecule has 2 aromatic rings. The van der Waals surface area contributed by atoms with Gasteiger partial charge in [-0.25, -0.2) is 4.39 Å². The minimum atomic E-state index is -0.236. The Bertz CT molecular complexity index is 466. The quantitative estimate of drug-likeness (QED) is 0.855. The van der Waals surface area contributed by atoms with Crippen molar-refractivity contribution in [1.82, 2.24) is 4.98 Å². The van der Waals surface area contributed by atoms with Crippen LogP contribution in [0.5, 0.6) is 0 Å². The van der Waals surface area contributed by atoms with E-state index >= 15 is 0 Å². The summed E-state index contributed by atoms with van der Waals surface area (Å²) in [4.78, 5) is 4.32. The first-order valence-corrected chi connectivity index (χ1v) is 5.21. The van der Waals surface area contributed by atoms with E-state index in [1.807, 2.05) is 12.1 Å². The molecule has 82 valence electrons. The van der Waals surface area contributed by atoms with Crippen LogP contribution in [0.4, 0.5) is 4.39 Å². The third kappa shape index (κ3) is 2.25. The molecule has 0 fully saturated rings. The molecule has 0 saturated heterocycles. The lowest BCUT2D eigenvalue weighted by atomic mass is 10.0. The molecule has 0 radical (unpaired) electrons. The largest absolute Gasteiger partial charge is 0.330 e. The summed E-state index contributed by atoms with van der Waals surface area (Å²) < 4.78 is 12.8. The van der Waals surface area contributed by atoms with Gasteiger partial charge in [-0.3, -0.25) is 4.98 Å². The fourth-order valence-electron chi connectivity index (χ4n) is 1.66. The summed E-state index contributed by atoms with van der Waals surface area (Å²) >= 11 is 0. The second-order valence-corrected chi connectivity index (χ2v) is 3.56. The summed E-state index contributed by atoms with van der Waals surface area (Å²) in [6, 6.07) is 10.2. The molecule has 0 amide bonds. The van der Waals surface area contributed by atoms with Crippen LogP contribution in [0, 0.1) is 5.82 Å². The van der Waals surface area contributed by atoms with Crippen LogP contribution in [0.3, 0.4) is 0 Å². The highest BCUT2D eigenvalue weighted by Crippen LogP contribution is 2.21. The normalized spacial score (nSPS) is 10.4. The monoisotopic (exact) mass is 216 g/mol. The highest BCUT2D eigenvalue weighted by Gasteiger charge is 2.05. The van der Waals surface area contributed by atoms with Crippen molar-refractivity contribution in [3.8, 4) is 11.3 Å². The maximum atomic E-state index is 12.8. The van der Waals surface area contributed by atoms with Crippen molar-refractivity contribution >= 4 is 0 Å². The van der Waals surface area contributed by atoms with E-state index < -0.39 is 0 Å². The molecule has 0 aliphatic rings. The van der Waals surface area contributed by atoms with Crippen LogP contribution in [0.25, 0.3) is 11.3 Å². The van der Waals surface area contributed by atoms with Gasteiger partial charge < -0.3 is 5.73 Å². The molecular weight excluding hydrogens is 203 g/mol. The SMILES string of the molecule is NCCc1cccnc1-c1ccc(F)cc1. The molecule has 0 aliphatic heterocycles. The maximum absolute atomic E-state index is 12.8. The number of hydrogen-bond donors (Lipinski definition) is 1. The number of aromatic nitrogens is 1. The van der Waals surface area contributed by atoms with Crippen LogP contribution in [0.2, 0.25) is 0 Å². The smallest absolute Gasteiger partial charge is 0.123 e. The molecule has 0 aliphatic carbocycles. The highest BCUT2D eigenvalue weighted by molar-refractivity contribution is 5.62. The van der Waals surface area contributed by atoms with Crippen molar-refractivity contribution in [1.29, 1.82) is 0 Å². The van der Waals surface area contributed by atoms with Gasteiger partial charge in [-0.05, 0) is 48.9 Å². The minimum absolute atomic E-state index is 0.236. The van der Waals surface area contributed by atoms with E-state index in [4.69, 9.17) is 5.73 Å². The first kappa shape index (κ1) is 10.8. The lowest BCUT2D eigenvalue weighted by Gasteiger charge is -2.07. The van der Waals surface area contributed by atoms with Crippen molar-refractivity contribution < 1.29 is 4.39 Å². The van der Waals surface area contributed by atoms with Gasteiger partial charge in [0.05, 0.1) is 5.69 Å². The van der Waals surface area contributed by atoms with Crippen LogP contribution in [0.1, 0.15) is 5.56 Å². The molecule has 1 aromatic heterocycles. The number of pyridine rings is 1. The van der Waals surface area contributed by atoms with Crippen molar-refractivity contribution in [2.45, 2.75) is 6.42 Å². The van der Waals surface area contributed by atoms with E-state index in [0.717, 1.165) is 23.2 Å². The first-order chi connectivity index (χ1) is 7.81. The Morgan fingerprint density at radius 1 is 1.12 bits per heavy atom. The number of rotatable bonds is 3. The van der Waals surface area contributed by atoms with Crippen LogP contribution in [0.15, 0.2) is 42.6 Å². The average Bonchev–Trinajstić information content (AvgIpc) is 2.32. The molecule has 1 aromatic carbocycles. The van der Waals surface area contributed by atoms with Gasteiger partial charge in [-0.1, -0.05) is 6.07 Å². The summed E-state index contributed by atoms with van der Waals surface area (Å²) in [7, 11) is 0. The fourth-order valence-corrected chi connectivity index (χ4v) is 1.66. The summed E-state index contributed by atoms with van der Waals surface area (Å²) in [6.45, 7) is 0.583. The summed E-state index contributed by atoms with van der Waals surface area (Å²) in [5.41, 5.74) is 8.44. The van der Waals surface area contributed by atoms with Gasteiger partial charge in [0.2, 0.25) is 0 Å². The van der Waals surface area contributed by atoms with Gasteiger partial charge in [-0.15, -0.1) is 0 Å². The summed E-state index contributed by atoms with van der Waals surface area (Å²) in [6.07, 6.45) is 2.51. The number of nitrogens with zero attached hydrogens (tertiary/aromatic N) is 1. The molecule has 16 heavy (non-hydrogen) atoms. The summed E-state index contributed by atoms with van der Waals surface area (Å²) in [5.74, 6) is -0.236. The molecule has 2 N–H and O–H groups in total.